The Kier molecular flexibility index (Phi) is 5.59. The summed E-state index contributed by atoms with van der Waals surface area (Å²) in [5, 5.41) is 3.51. The highest BCUT2D eigenvalue weighted by Crippen LogP contribution is 2.32. The molecule has 4 aromatic rings. The maximum atomic E-state index is 12.7. The van der Waals surface area contributed by atoms with E-state index in [2.05, 4.69) is 10.3 Å². The Morgan fingerprint density at radius 2 is 1.67 bits per heavy atom. The summed E-state index contributed by atoms with van der Waals surface area (Å²) in [6, 6.07) is 20.7. The highest BCUT2D eigenvalue weighted by molar-refractivity contribution is 7.21. The second kappa shape index (κ2) is 8.47. The monoisotopic (exact) mass is 416 g/mol. The van der Waals surface area contributed by atoms with Gasteiger partial charge in [-0.1, -0.05) is 36.4 Å². The van der Waals surface area contributed by atoms with Crippen LogP contribution in [0.3, 0.4) is 0 Å². The number of anilines is 1. The standard InChI is InChI=1S/C24H20N2O3S/c1-15-11-16(2)13-17(12-15)25-22(27)14-29-24(28)19-8-4-3-7-18(19)23-26-20-9-5-6-10-21(20)30-23/h3-13H,14H2,1-2H3,(H,25,27). The molecule has 4 rings (SSSR count). The van der Waals surface area contributed by atoms with Crippen molar-refractivity contribution < 1.29 is 14.3 Å². The summed E-state index contributed by atoms with van der Waals surface area (Å²) in [6.07, 6.45) is 0. The second-order valence-electron chi connectivity index (χ2n) is 7.03. The average molecular weight is 417 g/mol. The summed E-state index contributed by atoms with van der Waals surface area (Å²) < 4.78 is 6.33. The van der Waals surface area contributed by atoms with Crippen molar-refractivity contribution in [2.45, 2.75) is 13.8 Å². The number of aryl methyl sites for hydroxylation is 2. The smallest absolute Gasteiger partial charge is 0.339 e. The van der Waals surface area contributed by atoms with Crippen LogP contribution in [0.4, 0.5) is 5.69 Å². The van der Waals surface area contributed by atoms with E-state index < -0.39 is 5.97 Å². The highest BCUT2D eigenvalue weighted by Gasteiger charge is 2.18. The molecule has 0 atom stereocenters. The van der Waals surface area contributed by atoms with Crippen molar-refractivity contribution in [3.8, 4) is 10.6 Å². The van der Waals surface area contributed by atoms with Crippen molar-refractivity contribution in [2.24, 2.45) is 0 Å². The van der Waals surface area contributed by atoms with Crippen LogP contribution in [0.25, 0.3) is 20.8 Å². The number of nitrogens with zero attached hydrogens (tertiary/aromatic N) is 1. The molecule has 1 amide bonds. The van der Waals surface area contributed by atoms with Crippen molar-refractivity contribution in [3.05, 3.63) is 83.4 Å². The van der Waals surface area contributed by atoms with Crippen LogP contribution in [-0.4, -0.2) is 23.5 Å². The van der Waals surface area contributed by atoms with Crippen molar-refractivity contribution in [2.75, 3.05) is 11.9 Å². The average Bonchev–Trinajstić information content (AvgIpc) is 3.15. The molecule has 1 N–H and O–H groups in total. The summed E-state index contributed by atoms with van der Waals surface area (Å²) in [4.78, 5) is 29.6. The van der Waals surface area contributed by atoms with Crippen LogP contribution in [0.1, 0.15) is 21.5 Å². The molecular weight excluding hydrogens is 396 g/mol. The van der Waals surface area contributed by atoms with Gasteiger partial charge in [0.15, 0.2) is 6.61 Å². The Labute approximate surface area is 178 Å². The van der Waals surface area contributed by atoms with Crippen molar-refractivity contribution in [1.82, 2.24) is 4.98 Å². The lowest BCUT2D eigenvalue weighted by Gasteiger charge is -2.10. The number of thiazole rings is 1. The number of carbonyl (C=O) groups excluding carboxylic acids is 2. The second-order valence-corrected chi connectivity index (χ2v) is 8.06. The number of carbonyl (C=O) groups is 2. The fourth-order valence-corrected chi connectivity index (χ4v) is 4.29. The lowest BCUT2D eigenvalue weighted by molar-refractivity contribution is -0.119. The number of ether oxygens (including phenoxy) is 1. The number of rotatable bonds is 5. The third-order valence-electron chi connectivity index (χ3n) is 4.51. The van der Waals surface area contributed by atoms with Crippen molar-refractivity contribution >= 4 is 39.1 Å². The highest BCUT2D eigenvalue weighted by atomic mass is 32.1. The van der Waals surface area contributed by atoms with E-state index in [1.807, 2.05) is 68.4 Å². The van der Waals surface area contributed by atoms with Crippen LogP contribution >= 0.6 is 11.3 Å². The van der Waals surface area contributed by atoms with E-state index in [0.29, 0.717) is 16.8 Å². The number of esters is 1. The Morgan fingerprint density at radius 3 is 2.43 bits per heavy atom. The summed E-state index contributed by atoms with van der Waals surface area (Å²) in [6.45, 7) is 3.56. The van der Waals surface area contributed by atoms with Crippen LogP contribution in [0.2, 0.25) is 0 Å². The molecule has 0 aliphatic carbocycles. The van der Waals surface area contributed by atoms with E-state index in [1.165, 1.54) is 11.3 Å². The Balaban J connectivity index is 1.48. The predicted octanol–water partition coefficient (Wildman–Crippen LogP) is 5.38. The van der Waals surface area contributed by atoms with E-state index in [0.717, 1.165) is 26.4 Å². The van der Waals surface area contributed by atoms with Crippen LogP contribution in [0, 0.1) is 13.8 Å². The molecule has 0 saturated carbocycles. The number of fused-ring (bicyclic) bond motifs is 1. The van der Waals surface area contributed by atoms with Gasteiger partial charge in [-0.25, -0.2) is 9.78 Å². The molecule has 1 heterocycles. The summed E-state index contributed by atoms with van der Waals surface area (Å²) in [5.74, 6) is -0.939. The maximum Gasteiger partial charge on any atom is 0.339 e. The fraction of sp³-hybridized carbons (Fsp3) is 0.125. The minimum Gasteiger partial charge on any atom is -0.452 e. The quantitative estimate of drug-likeness (QED) is 0.444. The number of hydrogen-bond acceptors (Lipinski definition) is 5. The van der Waals surface area contributed by atoms with Gasteiger partial charge in [-0.05, 0) is 55.3 Å². The van der Waals surface area contributed by atoms with Gasteiger partial charge in [0.1, 0.15) is 5.01 Å². The number of hydrogen-bond donors (Lipinski definition) is 1. The van der Waals surface area contributed by atoms with E-state index in [9.17, 15) is 9.59 Å². The zero-order valence-corrected chi connectivity index (χ0v) is 17.5. The topological polar surface area (TPSA) is 68.3 Å². The maximum absolute atomic E-state index is 12.7. The first-order valence-electron chi connectivity index (χ1n) is 9.50. The molecule has 0 fully saturated rings. The van der Waals surface area contributed by atoms with Crippen molar-refractivity contribution in [1.29, 1.82) is 0 Å². The molecule has 0 saturated heterocycles. The van der Waals surface area contributed by atoms with Gasteiger partial charge in [0, 0.05) is 11.3 Å². The molecule has 30 heavy (non-hydrogen) atoms. The molecule has 150 valence electrons. The van der Waals surface area contributed by atoms with Gasteiger partial charge < -0.3 is 10.1 Å². The summed E-state index contributed by atoms with van der Waals surface area (Å²) >= 11 is 1.51. The first kappa shape index (κ1) is 19.8. The van der Waals surface area contributed by atoms with Crippen LogP contribution < -0.4 is 5.32 Å². The number of benzene rings is 3. The van der Waals surface area contributed by atoms with E-state index in [4.69, 9.17) is 4.74 Å². The lowest BCUT2D eigenvalue weighted by atomic mass is 10.1. The molecule has 0 bridgehead atoms. The summed E-state index contributed by atoms with van der Waals surface area (Å²) in [7, 11) is 0. The molecule has 0 spiro atoms. The Morgan fingerprint density at radius 1 is 0.967 bits per heavy atom. The molecule has 6 heteroatoms. The largest absolute Gasteiger partial charge is 0.452 e. The van der Waals surface area contributed by atoms with Gasteiger partial charge in [-0.3, -0.25) is 4.79 Å². The first-order chi connectivity index (χ1) is 14.5. The minimum absolute atomic E-state index is 0.361. The van der Waals surface area contributed by atoms with E-state index >= 15 is 0 Å². The molecule has 0 aliphatic heterocycles. The molecular formula is C24H20N2O3S. The number of para-hydroxylation sites is 1. The lowest BCUT2D eigenvalue weighted by Crippen LogP contribution is -2.21. The summed E-state index contributed by atoms with van der Waals surface area (Å²) in [5.41, 5.74) is 4.74. The number of amides is 1. The minimum atomic E-state index is -0.555. The van der Waals surface area contributed by atoms with Gasteiger partial charge in [0.05, 0.1) is 15.8 Å². The van der Waals surface area contributed by atoms with Gasteiger partial charge in [0.2, 0.25) is 0 Å². The Hall–Kier alpha value is -3.51. The molecule has 0 unspecified atom stereocenters. The van der Waals surface area contributed by atoms with Crippen molar-refractivity contribution in [3.63, 3.8) is 0 Å². The van der Waals surface area contributed by atoms with Crippen LogP contribution in [0.15, 0.2) is 66.7 Å². The predicted molar refractivity (Wildman–Crippen MR) is 120 cm³/mol. The van der Waals surface area contributed by atoms with Gasteiger partial charge in [-0.2, -0.15) is 0 Å². The fourth-order valence-electron chi connectivity index (χ4n) is 3.29. The molecule has 3 aromatic carbocycles. The SMILES string of the molecule is Cc1cc(C)cc(NC(=O)COC(=O)c2ccccc2-c2nc3ccccc3s2)c1. The van der Waals surface area contributed by atoms with E-state index in [1.54, 1.807) is 12.1 Å². The van der Waals surface area contributed by atoms with E-state index in [-0.39, 0.29) is 12.5 Å². The molecule has 0 aliphatic rings. The van der Waals surface area contributed by atoms with Crippen LogP contribution in [-0.2, 0) is 9.53 Å². The van der Waals surface area contributed by atoms with Gasteiger partial charge >= 0.3 is 5.97 Å². The number of nitrogens with one attached hydrogen (secondary N) is 1. The zero-order valence-electron chi connectivity index (χ0n) is 16.6. The first-order valence-corrected chi connectivity index (χ1v) is 10.3. The third kappa shape index (κ3) is 4.39. The van der Waals surface area contributed by atoms with Gasteiger partial charge in [0.25, 0.3) is 5.91 Å². The molecule has 1 aromatic heterocycles. The number of aromatic nitrogens is 1. The third-order valence-corrected chi connectivity index (χ3v) is 5.58. The zero-order chi connectivity index (χ0) is 21.1. The van der Waals surface area contributed by atoms with Crippen LogP contribution in [0.5, 0.6) is 0 Å². The normalized spacial score (nSPS) is 10.7. The molecule has 5 nitrogen and oxygen atoms in total. The Bertz CT molecular complexity index is 1190. The molecule has 0 radical (unpaired) electrons. The van der Waals surface area contributed by atoms with Gasteiger partial charge in [-0.15, -0.1) is 11.3 Å².